The minimum absolute atomic E-state index is 0.108. The molecule has 0 spiro atoms. The van der Waals surface area contributed by atoms with Crippen LogP contribution >= 0.6 is 15.9 Å². The average Bonchev–Trinajstić information content (AvgIpc) is 2.29. The highest BCUT2D eigenvalue weighted by Gasteiger charge is 2.28. The molecule has 1 aromatic carbocycles. The van der Waals surface area contributed by atoms with Gasteiger partial charge in [0.25, 0.3) is 11.8 Å². The van der Waals surface area contributed by atoms with Gasteiger partial charge in [0.05, 0.1) is 11.3 Å². The largest absolute Gasteiger partial charge is 0.362 e. The van der Waals surface area contributed by atoms with Crippen molar-refractivity contribution < 1.29 is 14.3 Å². The summed E-state index contributed by atoms with van der Waals surface area (Å²) in [6.07, 6.45) is 0. The van der Waals surface area contributed by atoms with Gasteiger partial charge in [-0.1, -0.05) is 0 Å². The highest BCUT2D eigenvalue weighted by Crippen LogP contribution is 2.25. The molecular formula is C11H7BrN2O3. The Kier molecular flexibility index (Phi) is 3.22. The number of nitriles is 1. The first-order valence-electron chi connectivity index (χ1n) is 4.76. The molecule has 1 aliphatic heterocycles. The van der Waals surface area contributed by atoms with Crippen LogP contribution in [0.25, 0.3) is 0 Å². The number of ether oxygens (including phenoxy) is 1. The zero-order valence-electron chi connectivity index (χ0n) is 8.64. The van der Waals surface area contributed by atoms with E-state index in [1.807, 2.05) is 6.07 Å². The number of rotatable bonds is 1. The SMILES string of the molecule is N#Cc1ccc(N2C(=O)COCC2=O)cc1Br. The predicted molar refractivity (Wildman–Crippen MR) is 62.2 cm³/mol. The van der Waals surface area contributed by atoms with E-state index >= 15 is 0 Å². The molecule has 2 amide bonds. The van der Waals surface area contributed by atoms with Crippen molar-refractivity contribution in [2.75, 3.05) is 18.1 Å². The van der Waals surface area contributed by atoms with Crippen LogP contribution < -0.4 is 4.90 Å². The van der Waals surface area contributed by atoms with Gasteiger partial charge in [-0.2, -0.15) is 5.26 Å². The second-order valence-electron chi connectivity index (χ2n) is 3.39. The van der Waals surface area contributed by atoms with E-state index in [0.717, 1.165) is 4.90 Å². The fraction of sp³-hybridized carbons (Fsp3) is 0.182. The second-order valence-corrected chi connectivity index (χ2v) is 4.25. The van der Waals surface area contributed by atoms with E-state index < -0.39 is 11.8 Å². The zero-order chi connectivity index (χ0) is 12.4. The minimum atomic E-state index is -0.405. The van der Waals surface area contributed by atoms with E-state index in [2.05, 4.69) is 15.9 Å². The lowest BCUT2D eigenvalue weighted by atomic mass is 10.2. The number of imide groups is 1. The van der Waals surface area contributed by atoms with Crippen molar-refractivity contribution in [3.63, 3.8) is 0 Å². The summed E-state index contributed by atoms with van der Waals surface area (Å²) < 4.78 is 5.36. The number of amides is 2. The maximum absolute atomic E-state index is 11.6. The smallest absolute Gasteiger partial charge is 0.259 e. The first kappa shape index (κ1) is 11.8. The minimum Gasteiger partial charge on any atom is -0.362 e. The summed E-state index contributed by atoms with van der Waals surface area (Å²) in [6.45, 7) is -0.216. The molecule has 1 aromatic rings. The molecule has 0 unspecified atom stereocenters. The van der Waals surface area contributed by atoms with Crippen LogP contribution in [0.1, 0.15) is 5.56 Å². The van der Waals surface area contributed by atoms with Crippen LogP contribution in [0.5, 0.6) is 0 Å². The van der Waals surface area contributed by atoms with Gasteiger partial charge in [0, 0.05) is 4.47 Å². The average molecular weight is 295 g/mol. The van der Waals surface area contributed by atoms with Crippen molar-refractivity contribution in [3.05, 3.63) is 28.2 Å². The molecule has 0 aliphatic carbocycles. The second kappa shape index (κ2) is 4.65. The molecule has 0 radical (unpaired) electrons. The molecular weight excluding hydrogens is 288 g/mol. The van der Waals surface area contributed by atoms with Crippen LogP contribution in [0.15, 0.2) is 22.7 Å². The molecule has 1 aliphatic rings. The zero-order valence-corrected chi connectivity index (χ0v) is 10.2. The van der Waals surface area contributed by atoms with E-state index in [4.69, 9.17) is 10.00 Å². The molecule has 1 saturated heterocycles. The number of carbonyl (C=O) groups excluding carboxylic acids is 2. The first-order chi connectivity index (χ1) is 8.13. The summed E-state index contributed by atoms with van der Waals surface area (Å²) in [5.74, 6) is -0.810. The van der Waals surface area contributed by atoms with Crippen molar-refractivity contribution in [3.8, 4) is 6.07 Å². The molecule has 17 heavy (non-hydrogen) atoms. The van der Waals surface area contributed by atoms with Crippen LogP contribution in [0.4, 0.5) is 5.69 Å². The van der Waals surface area contributed by atoms with Crippen LogP contribution in [-0.2, 0) is 14.3 Å². The Balaban J connectivity index is 2.40. The molecule has 5 nitrogen and oxygen atoms in total. The number of anilines is 1. The van der Waals surface area contributed by atoms with Crippen molar-refractivity contribution >= 4 is 33.4 Å². The molecule has 0 atom stereocenters. The third-order valence-electron chi connectivity index (χ3n) is 2.28. The van der Waals surface area contributed by atoms with Crippen molar-refractivity contribution in [2.45, 2.75) is 0 Å². The summed E-state index contributed by atoms with van der Waals surface area (Å²) in [5.41, 5.74) is 0.885. The van der Waals surface area contributed by atoms with E-state index in [1.165, 1.54) is 0 Å². The number of carbonyl (C=O) groups is 2. The normalized spacial score (nSPS) is 15.9. The fourth-order valence-electron chi connectivity index (χ4n) is 1.52. The van der Waals surface area contributed by atoms with E-state index in [-0.39, 0.29) is 13.2 Å². The number of halogens is 1. The van der Waals surface area contributed by atoms with E-state index in [0.29, 0.717) is 15.7 Å². The predicted octanol–water partition coefficient (Wildman–Crippen LogP) is 1.21. The summed E-state index contributed by atoms with van der Waals surface area (Å²) in [6, 6.07) is 6.67. The summed E-state index contributed by atoms with van der Waals surface area (Å²) in [5, 5.41) is 8.78. The van der Waals surface area contributed by atoms with Gasteiger partial charge in [-0.3, -0.25) is 9.59 Å². The van der Waals surface area contributed by atoms with E-state index in [9.17, 15) is 9.59 Å². The van der Waals surface area contributed by atoms with Crippen molar-refractivity contribution in [1.29, 1.82) is 5.26 Å². The highest BCUT2D eigenvalue weighted by atomic mass is 79.9. The molecule has 0 bridgehead atoms. The maximum Gasteiger partial charge on any atom is 0.259 e. The fourth-order valence-corrected chi connectivity index (χ4v) is 1.97. The number of hydrogen-bond acceptors (Lipinski definition) is 4. The Labute approximate surface area is 106 Å². The topological polar surface area (TPSA) is 70.4 Å². The molecule has 1 fully saturated rings. The third kappa shape index (κ3) is 2.20. The van der Waals surface area contributed by atoms with E-state index in [1.54, 1.807) is 18.2 Å². The monoisotopic (exact) mass is 294 g/mol. The Morgan fingerprint density at radius 2 is 1.94 bits per heavy atom. The van der Waals surface area contributed by atoms with Gasteiger partial charge in [0.2, 0.25) is 0 Å². The Hall–Kier alpha value is -1.71. The van der Waals surface area contributed by atoms with Crippen LogP contribution in [0.3, 0.4) is 0 Å². The van der Waals surface area contributed by atoms with Gasteiger partial charge in [0.1, 0.15) is 19.3 Å². The van der Waals surface area contributed by atoms with Gasteiger partial charge in [-0.05, 0) is 34.1 Å². The highest BCUT2D eigenvalue weighted by molar-refractivity contribution is 9.10. The Morgan fingerprint density at radius 3 is 2.47 bits per heavy atom. The molecule has 0 N–H and O–H groups in total. The van der Waals surface area contributed by atoms with Gasteiger partial charge < -0.3 is 4.74 Å². The first-order valence-corrected chi connectivity index (χ1v) is 5.56. The van der Waals surface area contributed by atoms with Crippen molar-refractivity contribution in [1.82, 2.24) is 0 Å². The van der Waals surface area contributed by atoms with Gasteiger partial charge in [-0.25, -0.2) is 4.90 Å². The molecule has 86 valence electrons. The quantitative estimate of drug-likeness (QED) is 0.730. The number of benzene rings is 1. The lowest BCUT2D eigenvalue weighted by molar-refractivity contribution is -0.138. The van der Waals surface area contributed by atoms with Gasteiger partial charge >= 0.3 is 0 Å². The Bertz CT molecular complexity index is 520. The third-order valence-corrected chi connectivity index (χ3v) is 2.94. The Morgan fingerprint density at radius 1 is 1.29 bits per heavy atom. The molecule has 2 rings (SSSR count). The summed E-state index contributed by atoms with van der Waals surface area (Å²) >= 11 is 3.21. The molecule has 0 saturated carbocycles. The van der Waals surface area contributed by atoms with Crippen molar-refractivity contribution in [2.24, 2.45) is 0 Å². The van der Waals surface area contributed by atoms with Gasteiger partial charge in [0.15, 0.2) is 0 Å². The summed E-state index contributed by atoms with van der Waals surface area (Å²) in [7, 11) is 0. The molecule has 6 heteroatoms. The molecule has 1 heterocycles. The standard InChI is InChI=1S/C11H7BrN2O3/c12-9-3-8(2-1-7(9)4-13)14-10(15)5-17-6-11(14)16/h1-3H,5-6H2. The molecule has 0 aromatic heterocycles. The number of hydrogen-bond donors (Lipinski definition) is 0. The lowest BCUT2D eigenvalue weighted by Gasteiger charge is -2.25. The number of nitrogens with zero attached hydrogens (tertiary/aromatic N) is 2. The van der Waals surface area contributed by atoms with Gasteiger partial charge in [-0.15, -0.1) is 0 Å². The lowest BCUT2D eigenvalue weighted by Crippen LogP contribution is -2.46. The van der Waals surface area contributed by atoms with Crippen LogP contribution in [0, 0.1) is 11.3 Å². The van der Waals surface area contributed by atoms with Crippen LogP contribution in [-0.4, -0.2) is 25.0 Å². The number of morpholine rings is 1. The maximum atomic E-state index is 11.6. The van der Waals surface area contributed by atoms with Crippen LogP contribution in [0.2, 0.25) is 0 Å². The summed E-state index contributed by atoms with van der Waals surface area (Å²) in [4.78, 5) is 24.2.